The van der Waals surface area contributed by atoms with Crippen LogP contribution in [0.1, 0.15) is 18.2 Å². The number of hydrogen-bond acceptors (Lipinski definition) is 4. The summed E-state index contributed by atoms with van der Waals surface area (Å²) >= 11 is 11.8. The first-order chi connectivity index (χ1) is 12.6. The summed E-state index contributed by atoms with van der Waals surface area (Å²) < 4.78 is 5.64. The molecular formula is C18H20Cl3N5O. The van der Waals surface area contributed by atoms with E-state index in [4.69, 9.17) is 33.7 Å². The molecule has 27 heavy (non-hydrogen) atoms. The normalized spacial score (nSPS) is 17.3. The number of nitrogens with two attached hydrogens (primary N) is 1. The van der Waals surface area contributed by atoms with E-state index in [-0.39, 0.29) is 18.6 Å². The van der Waals surface area contributed by atoms with Crippen LogP contribution in [0.5, 0.6) is 5.75 Å². The largest absolute Gasteiger partial charge is 0.493 e. The summed E-state index contributed by atoms with van der Waals surface area (Å²) in [5, 5.41) is 7.13. The van der Waals surface area contributed by atoms with Gasteiger partial charge >= 0.3 is 0 Å². The van der Waals surface area contributed by atoms with E-state index in [1.807, 2.05) is 30.3 Å². The molecule has 3 rings (SSSR count). The van der Waals surface area contributed by atoms with E-state index in [1.54, 1.807) is 18.2 Å². The molecule has 1 atom stereocenters. The summed E-state index contributed by atoms with van der Waals surface area (Å²) in [4.78, 5) is 8.82. The van der Waals surface area contributed by atoms with Crippen molar-refractivity contribution in [3.63, 3.8) is 0 Å². The van der Waals surface area contributed by atoms with Gasteiger partial charge in [-0.25, -0.2) is 4.99 Å². The van der Waals surface area contributed by atoms with E-state index >= 15 is 0 Å². The SMILES string of the molecule is Cl.NC1=NC(c2ccccc2)NC(=NCCCOc2ccc(Cl)c(Cl)c2)N1. The molecule has 2 aromatic rings. The van der Waals surface area contributed by atoms with Crippen molar-refractivity contribution >= 4 is 47.5 Å². The summed E-state index contributed by atoms with van der Waals surface area (Å²) in [6, 6.07) is 15.0. The molecular weight excluding hydrogens is 409 g/mol. The van der Waals surface area contributed by atoms with Gasteiger partial charge in [0.05, 0.1) is 16.7 Å². The Bertz CT molecular complexity index is 814. The van der Waals surface area contributed by atoms with E-state index in [0.29, 0.717) is 40.9 Å². The highest BCUT2D eigenvalue weighted by Crippen LogP contribution is 2.26. The van der Waals surface area contributed by atoms with Crippen LogP contribution >= 0.6 is 35.6 Å². The minimum Gasteiger partial charge on any atom is -0.493 e. The highest BCUT2D eigenvalue weighted by Gasteiger charge is 2.17. The third-order valence-corrected chi connectivity index (χ3v) is 4.37. The first-order valence-electron chi connectivity index (χ1n) is 8.16. The molecule has 6 nitrogen and oxygen atoms in total. The van der Waals surface area contributed by atoms with Crippen molar-refractivity contribution in [1.29, 1.82) is 0 Å². The number of nitrogens with zero attached hydrogens (tertiary/aromatic N) is 2. The van der Waals surface area contributed by atoms with Gasteiger partial charge in [0.25, 0.3) is 0 Å². The molecule has 144 valence electrons. The summed E-state index contributed by atoms with van der Waals surface area (Å²) in [5.74, 6) is 1.62. The third kappa shape index (κ3) is 6.20. The molecule has 9 heteroatoms. The standard InChI is InChI=1S/C18H19Cl2N5O.ClH/c19-14-8-7-13(11-15(14)20)26-10-4-9-22-18-24-16(23-17(21)25-18)12-5-2-1-3-6-12;/h1-3,5-8,11,16H,4,9-10H2,(H4,21,22,23,24,25);1H. The minimum atomic E-state index is -0.247. The molecule has 0 saturated carbocycles. The Morgan fingerprint density at radius 1 is 1.11 bits per heavy atom. The van der Waals surface area contributed by atoms with Crippen LogP contribution in [0.3, 0.4) is 0 Å². The average molecular weight is 429 g/mol. The number of hydrogen-bond donors (Lipinski definition) is 3. The predicted octanol–water partition coefficient (Wildman–Crippen LogP) is 3.75. The molecule has 0 fully saturated rings. The summed E-state index contributed by atoms with van der Waals surface area (Å²) in [6.07, 6.45) is 0.490. The molecule has 1 heterocycles. The topological polar surface area (TPSA) is 84.0 Å². The molecule has 1 aliphatic rings. The highest BCUT2D eigenvalue weighted by molar-refractivity contribution is 6.42. The van der Waals surface area contributed by atoms with Crippen LogP contribution in [0.4, 0.5) is 0 Å². The molecule has 0 aliphatic carbocycles. The number of ether oxygens (including phenoxy) is 1. The maximum atomic E-state index is 5.96. The maximum absolute atomic E-state index is 5.96. The number of rotatable bonds is 6. The second-order valence-corrected chi connectivity index (χ2v) is 6.42. The molecule has 0 radical (unpaired) electrons. The lowest BCUT2D eigenvalue weighted by molar-refractivity contribution is 0.313. The first kappa shape index (κ1) is 21.2. The van der Waals surface area contributed by atoms with Gasteiger partial charge in [0, 0.05) is 19.0 Å². The Labute approximate surface area is 174 Å². The van der Waals surface area contributed by atoms with Crippen LogP contribution in [-0.2, 0) is 0 Å². The molecule has 2 aromatic carbocycles. The molecule has 1 aliphatic heterocycles. The zero-order chi connectivity index (χ0) is 18.4. The highest BCUT2D eigenvalue weighted by atomic mass is 35.5. The van der Waals surface area contributed by atoms with Gasteiger partial charge in [0.2, 0.25) is 0 Å². The lowest BCUT2D eigenvalue weighted by Gasteiger charge is -2.24. The Hall–Kier alpha value is -2.15. The maximum Gasteiger partial charge on any atom is 0.200 e. The number of aliphatic imine (C=N–C) groups is 2. The quantitative estimate of drug-likeness (QED) is 0.612. The molecule has 0 bridgehead atoms. The third-order valence-electron chi connectivity index (χ3n) is 3.64. The van der Waals surface area contributed by atoms with Crippen molar-refractivity contribution in [1.82, 2.24) is 10.6 Å². The van der Waals surface area contributed by atoms with Gasteiger partial charge in [0.1, 0.15) is 5.75 Å². The Morgan fingerprint density at radius 3 is 2.63 bits per heavy atom. The number of benzene rings is 2. The van der Waals surface area contributed by atoms with Crippen LogP contribution in [0.25, 0.3) is 0 Å². The number of nitrogens with one attached hydrogen (secondary N) is 2. The molecule has 0 aromatic heterocycles. The van der Waals surface area contributed by atoms with Gasteiger partial charge in [-0.15, -0.1) is 12.4 Å². The fraction of sp³-hybridized carbons (Fsp3) is 0.222. The van der Waals surface area contributed by atoms with Gasteiger partial charge in [-0.3, -0.25) is 10.3 Å². The Kier molecular flexibility index (Phi) is 8.03. The van der Waals surface area contributed by atoms with Crippen molar-refractivity contribution < 1.29 is 4.74 Å². The van der Waals surface area contributed by atoms with Crippen LogP contribution in [0, 0.1) is 0 Å². The zero-order valence-corrected chi connectivity index (χ0v) is 16.7. The summed E-state index contributed by atoms with van der Waals surface area (Å²) in [5.41, 5.74) is 6.88. The monoisotopic (exact) mass is 427 g/mol. The number of guanidine groups is 2. The summed E-state index contributed by atoms with van der Waals surface area (Å²) in [6.45, 7) is 1.09. The van der Waals surface area contributed by atoms with Gasteiger partial charge in [-0.2, -0.15) is 0 Å². The van der Waals surface area contributed by atoms with Gasteiger partial charge in [-0.1, -0.05) is 53.5 Å². The summed E-state index contributed by atoms with van der Waals surface area (Å²) in [7, 11) is 0. The van der Waals surface area contributed by atoms with Crippen LogP contribution < -0.4 is 21.1 Å². The van der Waals surface area contributed by atoms with E-state index in [1.165, 1.54) is 0 Å². The van der Waals surface area contributed by atoms with Crippen molar-refractivity contribution in [2.24, 2.45) is 15.7 Å². The van der Waals surface area contributed by atoms with Crippen LogP contribution in [-0.4, -0.2) is 25.1 Å². The fourth-order valence-electron chi connectivity index (χ4n) is 2.38. The fourth-order valence-corrected chi connectivity index (χ4v) is 2.67. The molecule has 4 N–H and O–H groups in total. The minimum absolute atomic E-state index is 0. The van der Waals surface area contributed by atoms with E-state index < -0.39 is 0 Å². The van der Waals surface area contributed by atoms with Crippen LogP contribution in [0.2, 0.25) is 10.0 Å². The molecule has 0 amide bonds. The van der Waals surface area contributed by atoms with Crippen molar-refractivity contribution in [3.05, 3.63) is 64.1 Å². The van der Waals surface area contributed by atoms with Gasteiger partial charge in [0.15, 0.2) is 18.1 Å². The van der Waals surface area contributed by atoms with Gasteiger partial charge in [-0.05, 0) is 17.7 Å². The van der Waals surface area contributed by atoms with Crippen molar-refractivity contribution in [3.8, 4) is 5.75 Å². The lowest BCUT2D eigenvalue weighted by Crippen LogP contribution is -2.50. The van der Waals surface area contributed by atoms with Crippen LogP contribution in [0.15, 0.2) is 58.5 Å². The Balaban J connectivity index is 0.00000261. The molecule has 0 saturated heterocycles. The van der Waals surface area contributed by atoms with E-state index in [0.717, 1.165) is 12.0 Å². The van der Waals surface area contributed by atoms with Crippen molar-refractivity contribution in [2.45, 2.75) is 12.6 Å². The molecule has 1 unspecified atom stereocenters. The van der Waals surface area contributed by atoms with E-state index in [9.17, 15) is 0 Å². The second kappa shape index (κ2) is 10.3. The number of halogens is 3. The smallest absolute Gasteiger partial charge is 0.200 e. The molecule has 0 spiro atoms. The second-order valence-electron chi connectivity index (χ2n) is 5.61. The van der Waals surface area contributed by atoms with E-state index in [2.05, 4.69) is 20.6 Å². The Morgan fingerprint density at radius 2 is 1.89 bits per heavy atom. The first-order valence-corrected chi connectivity index (χ1v) is 8.91. The van der Waals surface area contributed by atoms with Crippen molar-refractivity contribution in [2.75, 3.05) is 13.2 Å². The zero-order valence-electron chi connectivity index (χ0n) is 14.4. The van der Waals surface area contributed by atoms with Gasteiger partial charge < -0.3 is 15.8 Å². The predicted molar refractivity (Wildman–Crippen MR) is 113 cm³/mol. The average Bonchev–Trinajstić information content (AvgIpc) is 2.64. The lowest BCUT2D eigenvalue weighted by atomic mass is 10.2.